The van der Waals surface area contributed by atoms with Crippen LogP contribution in [0.2, 0.25) is 0 Å². The average Bonchev–Trinajstić information content (AvgIpc) is 2.33. The van der Waals surface area contributed by atoms with Crippen molar-refractivity contribution in [3.63, 3.8) is 0 Å². The van der Waals surface area contributed by atoms with Crippen LogP contribution in [0.5, 0.6) is 0 Å². The zero-order valence-corrected chi connectivity index (χ0v) is 10.8. The minimum absolute atomic E-state index is 0.205. The molecule has 1 aromatic heterocycles. The Kier molecular flexibility index (Phi) is 6.14. The third-order valence-corrected chi connectivity index (χ3v) is 2.35. The number of pyridine rings is 1. The topological polar surface area (TPSA) is 71.5 Å². The van der Waals surface area contributed by atoms with Gasteiger partial charge in [-0.3, -0.25) is 0 Å². The number of unbranched alkanes of at least 4 members (excludes halogenated alkanes) is 1. The second kappa shape index (κ2) is 7.66. The summed E-state index contributed by atoms with van der Waals surface area (Å²) in [7, 11) is 0. The van der Waals surface area contributed by atoms with E-state index >= 15 is 0 Å². The smallest absolute Gasteiger partial charge is 0.339 e. The minimum Gasteiger partial charge on any atom is -0.478 e. The van der Waals surface area contributed by atoms with E-state index in [-0.39, 0.29) is 11.7 Å². The van der Waals surface area contributed by atoms with Gasteiger partial charge in [-0.25, -0.2) is 9.78 Å². The zero-order valence-electron chi connectivity index (χ0n) is 10.8. The van der Waals surface area contributed by atoms with Crippen LogP contribution in [0.25, 0.3) is 0 Å². The number of aromatic carboxylic acids is 1. The van der Waals surface area contributed by atoms with E-state index in [1.54, 1.807) is 18.3 Å². The fourth-order valence-electron chi connectivity index (χ4n) is 1.47. The molecule has 0 spiro atoms. The Hall–Kier alpha value is -1.62. The summed E-state index contributed by atoms with van der Waals surface area (Å²) in [6.07, 6.45) is 3.70. The number of nitrogens with one attached hydrogen (secondary N) is 1. The largest absolute Gasteiger partial charge is 0.478 e. The molecule has 0 saturated carbocycles. The molecule has 0 bridgehead atoms. The third-order valence-electron chi connectivity index (χ3n) is 2.35. The Bertz CT molecular complexity index is 380. The van der Waals surface area contributed by atoms with Crippen molar-refractivity contribution in [2.75, 3.05) is 18.5 Å². The molecule has 0 aromatic carbocycles. The van der Waals surface area contributed by atoms with Crippen molar-refractivity contribution in [2.24, 2.45) is 0 Å². The van der Waals surface area contributed by atoms with Crippen molar-refractivity contribution in [3.05, 3.63) is 23.9 Å². The molecular formula is C13H20N2O3. The van der Waals surface area contributed by atoms with Crippen molar-refractivity contribution in [1.29, 1.82) is 0 Å². The van der Waals surface area contributed by atoms with E-state index < -0.39 is 5.97 Å². The molecule has 100 valence electrons. The van der Waals surface area contributed by atoms with Crippen LogP contribution < -0.4 is 5.32 Å². The van der Waals surface area contributed by atoms with Gasteiger partial charge in [-0.15, -0.1) is 0 Å². The first-order valence-corrected chi connectivity index (χ1v) is 6.15. The second-order valence-corrected chi connectivity index (χ2v) is 4.26. The predicted molar refractivity (Wildman–Crippen MR) is 70.0 cm³/mol. The van der Waals surface area contributed by atoms with Gasteiger partial charge in [0.05, 0.1) is 6.10 Å². The predicted octanol–water partition coefficient (Wildman–Crippen LogP) is 2.40. The highest BCUT2D eigenvalue weighted by Gasteiger charge is 2.09. The summed E-state index contributed by atoms with van der Waals surface area (Å²) in [5.41, 5.74) is 0.205. The van der Waals surface area contributed by atoms with Gasteiger partial charge in [0.15, 0.2) is 0 Å². The SMILES string of the molecule is CC(C)OCCCCNc1ncccc1C(=O)O. The maximum absolute atomic E-state index is 10.9. The van der Waals surface area contributed by atoms with Crippen molar-refractivity contribution in [1.82, 2.24) is 4.98 Å². The summed E-state index contributed by atoms with van der Waals surface area (Å²) in [5.74, 6) is -0.538. The molecule has 18 heavy (non-hydrogen) atoms. The van der Waals surface area contributed by atoms with Gasteiger partial charge in [0.25, 0.3) is 0 Å². The lowest BCUT2D eigenvalue weighted by molar-refractivity contribution is 0.0697. The van der Waals surface area contributed by atoms with E-state index in [4.69, 9.17) is 9.84 Å². The number of carboxylic acids is 1. The molecule has 0 radical (unpaired) electrons. The fraction of sp³-hybridized carbons (Fsp3) is 0.538. The van der Waals surface area contributed by atoms with Crippen molar-refractivity contribution in [2.45, 2.75) is 32.8 Å². The lowest BCUT2D eigenvalue weighted by Gasteiger charge is -2.09. The molecule has 2 N–H and O–H groups in total. The monoisotopic (exact) mass is 252 g/mol. The Balaban J connectivity index is 2.29. The third kappa shape index (κ3) is 5.14. The van der Waals surface area contributed by atoms with E-state index in [0.29, 0.717) is 12.4 Å². The zero-order chi connectivity index (χ0) is 13.4. The molecule has 5 nitrogen and oxygen atoms in total. The fourth-order valence-corrected chi connectivity index (χ4v) is 1.47. The van der Waals surface area contributed by atoms with E-state index in [9.17, 15) is 4.79 Å². The number of anilines is 1. The first-order valence-electron chi connectivity index (χ1n) is 6.15. The average molecular weight is 252 g/mol. The summed E-state index contributed by atoms with van der Waals surface area (Å²) < 4.78 is 5.42. The van der Waals surface area contributed by atoms with E-state index in [0.717, 1.165) is 19.4 Å². The maximum atomic E-state index is 10.9. The molecule has 0 atom stereocenters. The number of carboxylic acid groups (broad SMARTS) is 1. The van der Waals surface area contributed by atoms with Gasteiger partial charge < -0.3 is 15.2 Å². The summed E-state index contributed by atoms with van der Waals surface area (Å²) in [5, 5.41) is 12.0. The minimum atomic E-state index is -0.964. The molecule has 0 unspecified atom stereocenters. The van der Waals surface area contributed by atoms with Crippen LogP contribution in [0.3, 0.4) is 0 Å². The molecule has 0 aliphatic rings. The number of carbonyl (C=O) groups is 1. The highest BCUT2D eigenvalue weighted by molar-refractivity contribution is 5.92. The molecule has 0 saturated heterocycles. The molecule has 5 heteroatoms. The molecule has 0 aliphatic carbocycles. The Morgan fingerprint density at radius 3 is 2.94 bits per heavy atom. The highest BCUT2D eigenvalue weighted by atomic mass is 16.5. The van der Waals surface area contributed by atoms with Crippen molar-refractivity contribution < 1.29 is 14.6 Å². The summed E-state index contributed by atoms with van der Waals surface area (Å²) >= 11 is 0. The molecule has 1 heterocycles. The van der Waals surface area contributed by atoms with Crippen LogP contribution >= 0.6 is 0 Å². The number of hydrogen-bond acceptors (Lipinski definition) is 4. The lowest BCUT2D eigenvalue weighted by atomic mass is 10.2. The lowest BCUT2D eigenvalue weighted by Crippen LogP contribution is -2.10. The Labute approximate surface area is 107 Å². The quantitative estimate of drug-likeness (QED) is 0.695. The van der Waals surface area contributed by atoms with Crippen LogP contribution in [-0.2, 0) is 4.74 Å². The first kappa shape index (κ1) is 14.4. The summed E-state index contributed by atoms with van der Waals surface area (Å²) in [6.45, 7) is 5.43. The van der Waals surface area contributed by atoms with Gasteiger partial charge in [0, 0.05) is 19.3 Å². The first-order chi connectivity index (χ1) is 8.61. The second-order valence-electron chi connectivity index (χ2n) is 4.26. The van der Waals surface area contributed by atoms with Gasteiger partial charge in [-0.1, -0.05) is 0 Å². The van der Waals surface area contributed by atoms with Gasteiger partial charge in [-0.2, -0.15) is 0 Å². The molecule has 0 amide bonds. The van der Waals surface area contributed by atoms with Crippen LogP contribution in [0.1, 0.15) is 37.0 Å². The molecular weight excluding hydrogens is 232 g/mol. The normalized spacial score (nSPS) is 10.6. The van der Waals surface area contributed by atoms with E-state index in [1.165, 1.54) is 0 Å². The number of aromatic nitrogens is 1. The standard InChI is InChI=1S/C13H20N2O3/c1-10(2)18-9-4-3-7-14-12-11(13(16)17)6-5-8-15-12/h5-6,8,10H,3-4,7,9H2,1-2H3,(H,14,15)(H,16,17). The Morgan fingerprint density at radius 1 is 1.50 bits per heavy atom. The number of ether oxygens (including phenoxy) is 1. The maximum Gasteiger partial charge on any atom is 0.339 e. The summed E-state index contributed by atoms with van der Waals surface area (Å²) in [6, 6.07) is 3.16. The number of nitrogens with zero attached hydrogens (tertiary/aromatic N) is 1. The molecule has 1 rings (SSSR count). The number of hydrogen-bond donors (Lipinski definition) is 2. The highest BCUT2D eigenvalue weighted by Crippen LogP contribution is 2.11. The van der Waals surface area contributed by atoms with Gasteiger partial charge in [-0.05, 0) is 38.8 Å². The van der Waals surface area contributed by atoms with Crippen LogP contribution in [0.15, 0.2) is 18.3 Å². The molecule has 0 aliphatic heterocycles. The van der Waals surface area contributed by atoms with Crippen molar-refractivity contribution in [3.8, 4) is 0 Å². The van der Waals surface area contributed by atoms with Crippen LogP contribution in [-0.4, -0.2) is 35.3 Å². The van der Waals surface area contributed by atoms with E-state index in [1.807, 2.05) is 13.8 Å². The molecule has 0 fully saturated rings. The van der Waals surface area contributed by atoms with Gasteiger partial charge in [0.1, 0.15) is 11.4 Å². The number of rotatable bonds is 8. The summed E-state index contributed by atoms with van der Waals surface area (Å²) in [4.78, 5) is 15.0. The molecule has 1 aromatic rings. The van der Waals surface area contributed by atoms with Crippen LogP contribution in [0.4, 0.5) is 5.82 Å². The van der Waals surface area contributed by atoms with Crippen LogP contribution in [0, 0.1) is 0 Å². The van der Waals surface area contributed by atoms with E-state index in [2.05, 4.69) is 10.3 Å². The van der Waals surface area contributed by atoms with Gasteiger partial charge in [0.2, 0.25) is 0 Å². The Morgan fingerprint density at radius 2 is 2.28 bits per heavy atom. The van der Waals surface area contributed by atoms with Crippen molar-refractivity contribution >= 4 is 11.8 Å². The van der Waals surface area contributed by atoms with Gasteiger partial charge >= 0.3 is 5.97 Å².